The van der Waals surface area contributed by atoms with Crippen molar-refractivity contribution in [2.75, 3.05) is 27.2 Å². The molecule has 1 saturated heterocycles. The number of nitrogens with zero attached hydrogens (tertiary/aromatic N) is 2. The van der Waals surface area contributed by atoms with Gasteiger partial charge in [0.15, 0.2) is 0 Å². The van der Waals surface area contributed by atoms with Crippen molar-refractivity contribution in [2.24, 2.45) is 5.92 Å². The van der Waals surface area contributed by atoms with Gasteiger partial charge in [-0.3, -0.25) is 4.79 Å². The molecule has 1 unspecified atom stereocenters. The summed E-state index contributed by atoms with van der Waals surface area (Å²) >= 11 is 0. The molecule has 1 aromatic rings. The lowest BCUT2D eigenvalue weighted by Crippen LogP contribution is -2.48. The Morgan fingerprint density at radius 1 is 1.39 bits per heavy atom. The third-order valence-corrected chi connectivity index (χ3v) is 6.00. The Balaban J connectivity index is 1.94. The van der Waals surface area contributed by atoms with Gasteiger partial charge in [0.2, 0.25) is 5.91 Å². The van der Waals surface area contributed by atoms with Gasteiger partial charge < -0.3 is 5.32 Å². The Morgan fingerprint density at radius 2 is 2.13 bits per heavy atom. The Morgan fingerprint density at radius 3 is 2.78 bits per heavy atom. The molecule has 23 heavy (non-hydrogen) atoms. The molecule has 0 bridgehead atoms. The summed E-state index contributed by atoms with van der Waals surface area (Å²) in [5, 5.41) is 2.92. The van der Waals surface area contributed by atoms with Gasteiger partial charge in [0.1, 0.15) is 0 Å². The van der Waals surface area contributed by atoms with E-state index in [1.54, 1.807) is 0 Å². The van der Waals surface area contributed by atoms with Crippen LogP contribution in [0.5, 0.6) is 0 Å². The topological polar surface area (TPSA) is 69.7 Å². The normalized spacial score (nSPS) is 19.7. The third kappa shape index (κ3) is 4.53. The number of benzene rings is 1. The SMILES string of the molecule is Cc1cccc(CNC(=O)C2CCCN(S(=O)(=O)N(C)C)C2)c1. The monoisotopic (exact) mass is 339 g/mol. The fraction of sp³-hybridized carbons (Fsp3) is 0.562. The lowest BCUT2D eigenvalue weighted by molar-refractivity contribution is -0.126. The van der Waals surface area contributed by atoms with E-state index in [-0.39, 0.29) is 18.4 Å². The molecule has 1 fully saturated rings. The minimum atomic E-state index is -3.45. The van der Waals surface area contributed by atoms with Crippen molar-refractivity contribution >= 4 is 16.1 Å². The number of piperidine rings is 1. The molecule has 1 N–H and O–H groups in total. The zero-order valence-corrected chi connectivity index (χ0v) is 14.8. The van der Waals surface area contributed by atoms with Crippen molar-refractivity contribution in [1.82, 2.24) is 13.9 Å². The summed E-state index contributed by atoms with van der Waals surface area (Å²) in [6.45, 7) is 3.20. The largest absolute Gasteiger partial charge is 0.352 e. The van der Waals surface area contributed by atoms with E-state index < -0.39 is 10.2 Å². The Kier molecular flexibility index (Phi) is 5.78. The van der Waals surface area contributed by atoms with Gasteiger partial charge in [-0.25, -0.2) is 0 Å². The number of carbonyl (C=O) groups is 1. The molecule has 0 radical (unpaired) electrons. The van der Waals surface area contributed by atoms with Gasteiger partial charge in [-0.05, 0) is 25.3 Å². The first kappa shape index (κ1) is 17.9. The average Bonchev–Trinajstić information content (AvgIpc) is 2.52. The molecule has 1 heterocycles. The summed E-state index contributed by atoms with van der Waals surface area (Å²) in [7, 11) is -0.431. The van der Waals surface area contributed by atoms with Gasteiger partial charge in [0.25, 0.3) is 10.2 Å². The van der Waals surface area contributed by atoms with Gasteiger partial charge in [0, 0.05) is 33.7 Å². The van der Waals surface area contributed by atoms with Crippen molar-refractivity contribution in [2.45, 2.75) is 26.3 Å². The van der Waals surface area contributed by atoms with E-state index in [9.17, 15) is 13.2 Å². The second kappa shape index (κ2) is 7.42. The standard InChI is InChI=1S/C16H25N3O3S/c1-13-6-4-7-14(10-13)11-17-16(20)15-8-5-9-19(12-15)23(21,22)18(2)3/h4,6-7,10,15H,5,8-9,11-12H2,1-3H3,(H,17,20). The summed E-state index contributed by atoms with van der Waals surface area (Å²) in [6, 6.07) is 7.97. The number of aryl methyl sites for hydroxylation is 1. The molecule has 0 saturated carbocycles. The number of amides is 1. The van der Waals surface area contributed by atoms with E-state index in [2.05, 4.69) is 5.32 Å². The Labute approximate surface area is 138 Å². The Bertz CT molecular complexity index is 658. The molecule has 0 spiro atoms. The zero-order chi connectivity index (χ0) is 17.0. The molecular formula is C16H25N3O3S. The predicted molar refractivity (Wildman–Crippen MR) is 89.9 cm³/mol. The van der Waals surface area contributed by atoms with E-state index in [4.69, 9.17) is 0 Å². The highest BCUT2D eigenvalue weighted by Gasteiger charge is 2.33. The molecule has 1 aliphatic rings. The average molecular weight is 339 g/mol. The van der Waals surface area contributed by atoms with Crippen LogP contribution in [0.2, 0.25) is 0 Å². The van der Waals surface area contributed by atoms with Crippen LogP contribution >= 0.6 is 0 Å². The van der Waals surface area contributed by atoms with Crippen molar-refractivity contribution in [3.05, 3.63) is 35.4 Å². The van der Waals surface area contributed by atoms with Crippen LogP contribution in [0, 0.1) is 12.8 Å². The molecule has 6 nitrogen and oxygen atoms in total. The summed E-state index contributed by atoms with van der Waals surface area (Å²) in [6.07, 6.45) is 1.43. The van der Waals surface area contributed by atoms with Crippen LogP contribution in [-0.4, -0.2) is 50.1 Å². The minimum absolute atomic E-state index is 0.0786. The summed E-state index contributed by atoms with van der Waals surface area (Å²) in [4.78, 5) is 12.4. The molecule has 1 aliphatic heterocycles. The number of hydrogen-bond donors (Lipinski definition) is 1. The highest BCUT2D eigenvalue weighted by Crippen LogP contribution is 2.20. The summed E-state index contributed by atoms with van der Waals surface area (Å²) < 4.78 is 27.0. The molecule has 2 rings (SSSR count). The molecular weight excluding hydrogens is 314 g/mol. The highest BCUT2D eigenvalue weighted by molar-refractivity contribution is 7.86. The van der Waals surface area contributed by atoms with Crippen LogP contribution in [0.25, 0.3) is 0 Å². The van der Waals surface area contributed by atoms with Crippen LogP contribution in [0.15, 0.2) is 24.3 Å². The first-order valence-electron chi connectivity index (χ1n) is 7.81. The predicted octanol–water partition coefficient (Wildman–Crippen LogP) is 1.13. The van der Waals surface area contributed by atoms with E-state index in [0.717, 1.165) is 17.5 Å². The summed E-state index contributed by atoms with van der Waals surface area (Å²) in [5.74, 6) is -0.367. The van der Waals surface area contributed by atoms with E-state index in [1.807, 2.05) is 31.2 Å². The molecule has 0 aromatic heterocycles. The quantitative estimate of drug-likeness (QED) is 0.874. The smallest absolute Gasteiger partial charge is 0.281 e. The first-order chi connectivity index (χ1) is 10.8. The van der Waals surface area contributed by atoms with Gasteiger partial charge in [-0.15, -0.1) is 0 Å². The van der Waals surface area contributed by atoms with Crippen molar-refractivity contribution in [3.8, 4) is 0 Å². The fourth-order valence-electron chi connectivity index (χ4n) is 2.75. The number of nitrogens with one attached hydrogen (secondary N) is 1. The highest BCUT2D eigenvalue weighted by atomic mass is 32.2. The molecule has 1 aromatic carbocycles. The molecule has 7 heteroatoms. The number of hydrogen-bond acceptors (Lipinski definition) is 3. The minimum Gasteiger partial charge on any atom is -0.352 e. The van der Waals surface area contributed by atoms with E-state index in [1.165, 1.54) is 22.7 Å². The number of rotatable bonds is 5. The van der Waals surface area contributed by atoms with Gasteiger partial charge >= 0.3 is 0 Å². The van der Waals surface area contributed by atoms with Gasteiger partial charge in [-0.2, -0.15) is 17.0 Å². The molecule has 1 amide bonds. The lowest BCUT2D eigenvalue weighted by atomic mass is 9.98. The van der Waals surface area contributed by atoms with E-state index >= 15 is 0 Å². The van der Waals surface area contributed by atoms with Gasteiger partial charge in [-0.1, -0.05) is 29.8 Å². The van der Waals surface area contributed by atoms with Crippen LogP contribution < -0.4 is 5.32 Å². The molecule has 0 aliphatic carbocycles. The zero-order valence-electron chi connectivity index (χ0n) is 13.9. The first-order valence-corrected chi connectivity index (χ1v) is 9.21. The third-order valence-electron chi connectivity index (χ3n) is 4.09. The van der Waals surface area contributed by atoms with Gasteiger partial charge in [0.05, 0.1) is 5.92 Å². The lowest BCUT2D eigenvalue weighted by Gasteiger charge is -2.32. The second-order valence-electron chi connectivity index (χ2n) is 6.19. The van der Waals surface area contributed by atoms with Crippen molar-refractivity contribution in [1.29, 1.82) is 0 Å². The van der Waals surface area contributed by atoms with E-state index in [0.29, 0.717) is 19.5 Å². The Hall–Kier alpha value is -1.44. The van der Waals surface area contributed by atoms with Crippen LogP contribution in [0.4, 0.5) is 0 Å². The van der Waals surface area contributed by atoms with Crippen LogP contribution in [0.1, 0.15) is 24.0 Å². The van der Waals surface area contributed by atoms with Crippen LogP contribution in [0.3, 0.4) is 0 Å². The maximum atomic E-state index is 12.4. The van der Waals surface area contributed by atoms with Crippen molar-refractivity contribution in [3.63, 3.8) is 0 Å². The maximum Gasteiger partial charge on any atom is 0.281 e. The number of carbonyl (C=O) groups excluding carboxylic acids is 1. The maximum absolute atomic E-state index is 12.4. The van der Waals surface area contributed by atoms with Crippen LogP contribution in [-0.2, 0) is 21.5 Å². The summed E-state index contributed by atoms with van der Waals surface area (Å²) in [5.41, 5.74) is 2.20. The van der Waals surface area contributed by atoms with Crippen molar-refractivity contribution < 1.29 is 13.2 Å². The molecule has 128 valence electrons. The molecule has 1 atom stereocenters. The second-order valence-corrected chi connectivity index (χ2v) is 8.34. The fourth-order valence-corrected chi connectivity index (χ4v) is 3.94.